The zero-order valence-electron chi connectivity index (χ0n) is 9.70. The molecule has 1 nitrogen and oxygen atoms in total. The minimum absolute atomic E-state index is 0.0637. The second kappa shape index (κ2) is 5.54. The Balaban J connectivity index is 2.01. The van der Waals surface area contributed by atoms with Gasteiger partial charge in [-0.15, -0.1) is 0 Å². The molecule has 0 N–H and O–H groups in total. The van der Waals surface area contributed by atoms with Crippen molar-refractivity contribution in [1.29, 1.82) is 0 Å². The molecule has 3 heteroatoms. The van der Waals surface area contributed by atoms with Crippen LogP contribution >= 0.6 is 0 Å². The molecule has 18 heavy (non-hydrogen) atoms. The van der Waals surface area contributed by atoms with Gasteiger partial charge in [0.05, 0.1) is 0 Å². The number of ketones is 1. The van der Waals surface area contributed by atoms with Gasteiger partial charge in [0.25, 0.3) is 0 Å². The van der Waals surface area contributed by atoms with Crippen molar-refractivity contribution >= 4 is 5.78 Å². The van der Waals surface area contributed by atoms with Crippen molar-refractivity contribution < 1.29 is 13.6 Å². The molecule has 0 aliphatic rings. The van der Waals surface area contributed by atoms with Crippen molar-refractivity contribution in [2.45, 2.75) is 12.8 Å². The maximum absolute atomic E-state index is 12.9. The summed E-state index contributed by atoms with van der Waals surface area (Å²) in [6.45, 7) is 0. The van der Waals surface area contributed by atoms with E-state index in [0.29, 0.717) is 11.1 Å². The standard InChI is InChI=1S/C15H12F2O/c16-13-5-1-3-11(7-13)9-15(18)10-12-4-2-6-14(17)8-12/h1-8H,9-10H2. The van der Waals surface area contributed by atoms with Crippen LogP contribution in [0.3, 0.4) is 0 Å². The fourth-order valence-electron chi connectivity index (χ4n) is 1.81. The van der Waals surface area contributed by atoms with E-state index in [0.717, 1.165) is 0 Å². The van der Waals surface area contributed by atoms with Gasteiger partial charge in [-0.25, -0.2) is 8.78 Å². The summed E-state index contributed by atoms with van der Waals surface area (Å²) < 4.78 is 25.9. The largest absolute Gasteiger partial charge is 0.299 e. The Hall–Kier alpha value is -2.03. The van der Waals surface area contributed by atoms with Gasteiger partial charge in [0.15, 0.2) is 0 Å². The summed E-state index contributed by atoms with van der Waals surface area (Å²) in [6.07, 6.45) is 0.322. The molecule has 0 saturated carbocycles. The Morgan fingerprint density at radius 1 is 0.833 bits per heavy atom. The fraction of sp³-hybridized carbons (Fsp3) is 0.133. The Kier molecular flexibility index (Phi) is 3.82. The summed E-state index contributed by atoms with van der Waals surface area (Å²) in [5, 5.41) is 0. The summed E-state index contributed by atoms with van der Waals surface area (Å²) in [5.41, 5.74) is 1.27. The second-order valence-corrected chi connectivity index (χ2v) is 4.15. The molecule has 0 saturated heterocycles. The van der Waals surface area contributed by atoms with E-state index in [1.807, 2.05) is 0 Å². The SMILES string of the molecule is O=C(Cc1cccc(F)c1)Cc1cccc(F)c1. The van der Waals surface area contributed by atoms with Crippen LogP contribution < -0.4 is 0 Å². The van der Waals surface area contributed by atoms with Crippen molar-refractivity contribution in [3.8, 4) is 0 Å². The van der Waals surface area contributed by atoms with Crippen LogP contribution in [-0.4, -0.2) is 5.78 Å². The van der Waals surface area contributed by atoms with Crippen molar-refractivity contribution in [2.24, 2.45) is 0 Å². The third-order valence-electron chi connectivity index (χ3n) is 2.58. The van der Waals surface area contributed by atoms with Gasteiger partial charge in [0, 0.05) is 12.8 Å². The lowest BCUT2D eigenvalue weighted by Crippen LogP contribution is -2.06. The van der Waals surface area contributed by atoms with Crippen LogP contribution in [0.4, 0.5) is 8.78 Å². The minimum atomic E-state index is -0.356. The third kappa shape index (κ3) is 3.48. The molecule has 2 aromatic rings. The molecule has 0 atom stereocenters. The Bertz CT molecular complexity index is 514. The fourth-order valence-corrected chi connectivity index (χ4v) is 1.81. The molecule has 0 radical (unpaired) electrons. The second-order valence-electron chi connectivity index (χ2n) is 4.15. The van der Waals surface area contributed by atoms with Crippen molar-refractivity contribution in [2.75, 3.05) is 0 Å². The smallest absolute Gasteiger partial charge is 0.141 e. The Morgan fingerprint density at radius 2 is 1.28 bits per heavy atom. The quantitative estimate of drug-likeness (QED) is 0.808. The van der Waals surface area contributed by atoms with E-state index in [4.69, 9.17) is 0 Å². The van der Waals surface area contributed by atoms with Crippen LogP contribution in [0.1, 0.15) is 11.1 Å². The monoisotopic (exact) mass is 246 g/mol. The lowest BCUT2D eigenvalue weighted by molar-refractivity contribution is -0.117. The molecule has 0 spiro atoms. The van der Waals surface area contributed by atoms with Gasteiger partial charge in [-0.1, -0.05) is 24.3 Å². The first-order valence-corrected chi connectivity index (χ1v) is 5.64. The molecule has 92 valence electrons. The van der Waals surface area contributed by atoms with Gasteiger partial charge in [-0.05, 0) is 35.4 Å². The third-order valence-corrected chi connectivity index (χ3v) is 2.58. The predicted molar refractivity (Wildman–Crippen MR) is 65.2 cm³/mol. The van der Waals surface area contributed by atoms with Crippen LogP contribution in [0.5, 0.6) is 0 Å². The van der Waals surface area contributed by atoms with Gasteiger partial charge >= 0.3 is 0 Å². The first-order chi connectivity index (χ1) is 8.63. The Morgan fingerprint density at radius 3 is 1.67 bits per heavy atom. The van der Waals surface area contributed by atoms with Gasteiger partial charge in [-0.3, -0.25) is 4.79 Å². The summed E-state index contributed by atoms with van der Waals surface area (Å²) in [6, 6.07) is 11.9. The highest BCUT2D eigenvalue weighted by molar-refractivity contribution is 5.83. The number of carbonyl (C=O) groups is 1. The summed E-state index contributed by atoms with van der Waals surface area (Å²) >= 11 is 0. The van der Waals surface area contributed by atoms with E-state index in [2.05, 4.69) is 0 Å². The van der Waals surface area contributed by atoms with E-state index in [-0.39, 0.29) is 30.3 Å². The lowest BCUT2D eigenvalue weighted by atomic mass is 10.0. The van der Waals surface area contributed by atoms with E-state index in [1.54, 1.807) is 24.3 Å². The highest BCUT2D eigenvalue weighted by Gasteiger charge is 2.06. The molecular weight excluding hydrogens is 234 g/mol. The zero-order chi connectivity index (χ0) is 13.0. The Labute approximate surface area is 104 Å². The zero-order valence-corrected chi connectivity index (χ0v) is 9.70. The summed E-state index contributed by atoms with van der Waals surface area (Å²) in [7, 11) is 0. The molecule has 2 rings (SSSR count). The van der Waals surface area contributed by atoms with E-state index in [9.17, 15) is 13.6 Å². The molecule has 0 heterocycles. The van der Waals surface area contributed by atoms with Crippen molar-refractivity contribution in [1.82, 2.24) is 0 Å². The maximum atomic E-state index is 12.9. The molecule has 0 amide bonds. The molecule has 0 aromatic heterocycles. The van der Waals surface area contributed by atoms with Gasteiger partial charge in [0.1, 0.15) is 17.4 Å². The number of hydrogen-bond donors (Lipinski definition) is 0. The van der Waals surface area contributed by atoms with Gasteiger partial charge in [0.2, 0.25) is 0 Å². The molecule has 0 bridgehead atoms. The number of halogens is 2. The normalized spacial score (nSPS) is 10.3. The van der Waals surface area contributed by atoms with Crippen LogP contribution in [0, 0.1) is 11.6 Å². The highest BCUT2D eigenvalue weighted by atomic mass is 19.1. The van der Waals surface area contributed by atoms with E-state index >= 15 is 0 Å². The summed E-state index contributed by atoms with van der Waals surface area (Å²) in [4.78, 5) is 11.8. The van der Waals surface area contributed by atoms with Crippen LogP contribution in [-0.2, 0) is 17.6 Å². The number of Topliss-reactive ketones (excluding diaryl/α,β-unsaturated/α-hetero) is 1. The topological polar surface area (TPSA) is 17.1 Å². The first kappa shape index (κ1) is 12.4. The molecular formula is C15H12F2O. The number of carbonyl (C=O) groups excluding carboxylic acids is 1. The molecule has 0 unspecified atom stereocenters. The van der Waals surface area contributed by atoms with Crippen LogP contribution in [0.2, 0.25) is 0 Å². The van der Waals surface area contributed by atoms with E-state index in [1.165, 1.54) is 24.3 Å². The highest BCUT2D eigenvalue weighted by Crippen LogP contribution is 2.09. The number of rotatable bonds is 4. The van der Waals surface area contributed by atoms with Crippen LogP contribution in [0.15, 0.2) is 48.5 Å². The lowest BCUT2D eigenvalue weighted by Gasteiger charge is -2.02. The summed E-state index contributed by atoms with van der Waals surface area (Å²) in [5.74, 6) is -0.775. The van der Waals surface area contributed by atoms with Crippen LogP contribution in [0.25, 0.3) is 0 Å². The first-order valence-electron chi connectivity index (χ1n) is 5.64. The van der Waals surface area contributed by atoms with E-state index < -0.39 is 0 Å². The van der Waals surface area contributed by atoms with Crippen molar-refractivity contribution in [3.63, 3.8) is 0 Å². The maximum Gasteiger partial charge on any atom is 0.141 e. The predicted octanol–water partition coefficient (Wildman–Crippen LogP) is 3.32. The van der Waals surface area contributed by atoms with Crippen molar-refractivity contribution in [3.05, 3.63) is 71.3 Å². The van der Waals surface area contributed by atoms with Gasteiger partial charge in [-0.2, -0.15) is 0 Å². The molecule has 2 aromatic carbocycles. The molecule has 0 aliphatic heterocycles. The average Bonchev–Trinajstić information content (AvgIpc) is 2.28. The number of benzene rings is 2. The number of hydrogen-bond acceptors (Lipinski definition) is 1. The van der Waals surface area contributed by atoms with Gasteiger partial charge < -0.3 is 0 Å². The average molecular weight is 246 g/mol. The molecule has 0 aliphatic carbocycles. The minimum Gasteiger partial charge on any atom is -0.299 e. The molecule has 0 fully saturated rings.